The summed E-state index contributed by atoms with van der Waals surface area (Å²) in [5.74, 6) is -4.14. The number of nitrogens with one attached hydrogen (secondary N) is 2. The average molecular weight is 293 g/mol. The number of benzene rings is 2. The summed E-state index contributed by atoms with van der Waals surface area (Å²) in [6.45, 7) is 0. The van der Waals surface area contributed by atoms with E-state index in [1.165, 1.54) is 0 Å². The zero-order valence-corrected chi connectivity index (χ0v) is 10.6. The van der Waals surface area contributed by atoms with Crippen LogP contribution in [-0.4, -0.2) is 9.97 Å². The highest BCUT2D eigenvalue weighted by Crippen LogP contribution is 2.26. The van der Waals surface area contributed by atoms with Crippen LogP contribution in [0, 0.1) is 17.5 Å². The van der Waals surface area contributed by atoms with Crippen LogP contribution < -0.4 is 11.4 Å². The van der Waals surface area contributed by atoms with Crippen LogP contribution in [0.3, 0.4) is 0 Å². The largest absolute Gasteiger partial charge is 0.323 e. The Morgan fingerprint density at radius 2 is 1.67 bits per heavy atom. The lowest BCUT2D eigenvalue weighted by Crippen LogP contribution is -2.15. The average Bonchev–Trinajstić information content (AvgIpc) is 2.83. The summed E-state index contributed by atoms with van der Waals surface area (Å²) in [5, 5.41) is 0. The highest BCUT2D eigenvalue weighted by molar-refractivity contribution is 5.75. The van der Waals surface area contributed by atoms with Crippen molar-refractivity contribution in [2.45, 2.75) is 6.04 Å². The number of fused-ring (bicyclic) bond motifs is 1. The van der Waals surface area contributed by atoms with E-state index in [1.54, 1.807) is 18.2 Å². The van der Waals surface area contributed by atoms with Crippen LogP contribution in [0.15, 0.2) is 35.1 Å². The molecule has 3 aromatic rings. The van der Waals surface area contributed by atoms with E-state index in [9.17, 15) is 18.0 Å². The first-order valence-corrected chi connectivity index (χ1v) is 6.08. The van der Waals surface area contributed by atoms with Crippen molar-refractivity contribution in [3.8, 4) is 0 Å². The molecule has 0 aliphatic rings. The molecule has 1 heterocycles. The molecule has 108 valence electrons. The summed E-state index contributed by atoms with van der Waals surface area (Å²) >= 11 is 0. The van der Waals surface area contributed by atoms with Crippen LogP contribution in [0.1, 0.15) is 17.2 Å². The van der Waals surface area contributed by atoms with Gasteiger partial charge < -0.3 is 15.7 Å². The van der Waals surface area contributed by atoms with Crippen LogP contribution in [0.25, 0.3) is 11.0 Å². The van der Waals surface area contributed by atoms with E-state index in [2.05, 4.69) is 9.97 Å². The summed E-state index contributed by atoms with van der Waals surface area (Å²) in [6, 6.07) is 5.67. The predicted molar refractivity (Wildman–Crippen MR) is 71.3 cm³/mol. The van der Waals surface area contributed by atoms with Gasteiger partial charge in [0.1, 0.15) is 0 Å². The lowest BCUT2D eigenvalue weighted by Gasteiger charge is -2.14. The number of hydrogen-bond acceptors (Lipinski definition) is 2. The second-order valence-corrected chi connectivity index (χ2v) is 4.63. The number of halogens is 3. The number of H-pyrrole nitrogens is 2. The first kappa shape index (κ1) is 13.4. The molecule has 4 nitrogen and oxygen atoms in total. The molecule has 0 radical (unpaired) electrons. The molecule has 4 N–H and O–H groups in total. The molecule has 2 aromatic carbocycles. The van der Waals surface area contributed by atoms with Crippen molar-refractivity contribution in [1.82, 2.24) is 9.97 Å². The van der Waals surface area contributed by atoms with Gasteiger partial charge in [0.2, 0.25) is 0 Å². The summed E-state index contributed by atoms with van der Waals surface area (Å²) in [7, 11) is 0. The molecule has 1 unspecified atom stereocenters. The molecule has 0 fully saturated rings. The molecular weight excluding hydrogens is 283 g/mol. The van der Waals surface area contributed by atoms with E-state index in [4.69, 9.17) is 5.73 Å². The summed E-state index contributed by atoms with van der Waals surface area (Å²) < 4.78 is 40.0. The maximum Gasteiger partial charge on any atom is 0.323 e. The third-order valence-electron chi connectivity index (χ3n) is 3.30. The first-order valence-electron chi connectivity index (χ1n) is 6.08. The Morgan fingerprint density at radius 1 is 0.952 bits per heavy atom. The topological polar surface area (TPSA) is 74.7 Å². The number of hydrogen-bond donors (Lipinski definition) is 3. The Morgan fingerprint density at radius 3 is 2.43 bits per heavy atom. The van der Waals surface area contributed by atoms with Gasteiger partial charge in [0.05, 0.1) is 17.1 Å². The van der Waals surface area contributed by atoms with Gasteiger partial charge in [-0.1, -0.05) is 12.1 Å². The second-order valence-electron chi connectivity index (χ2n) is 4.63. The van der Waals surface area contributed by atoms with Crippen LogP contribution in [0.5, 0.6) is 0 Å². The Kier molecular flexibility index (Phi) is 3.06. The van der Waals surface area contributed by atoms with Crippen molar-refractivity contribution in [3.63, 3.8) is 0 Å². The lowest BCUT2D eigenvalue weighted by atomic mass is 9.98. The highest BCUT2D eigenvalue weighted by atomic mass is 19.2. The van der Waals surface area contributed by atoms with Gasteiger partial charge in [-0.3, -0.25) is 0 Å². The fraction of sp³-hybridized carbons (Fsp3) is 0.0714. The second kappa shape index (κ2) is 4.78. The van der Waals surface area contributed by atoms with E-state index in [-0.39, 0.29) is 11.3 Å². The van der Waals surface area contributed by atoms with Crippen molar-refractivity contribution in [3.05, 3.63) is 69.4 Å². The van der Waals surface area contributed by atoms with Gasteiger partial charge in [0.15, 0.2) is 17.5 Å². The number of aromatic nitrogens is 2. The van der Waals surface area contributed by atoms with Crippen LogP contribution in [-0.2, 0) is 0 Å². The summed E-state index contributed by atoms with van der Waals surface area (Å²) in [5.41, 5.74) is 6.89. The van der Waals surface area contributed by atoms with Crippen LogP contribution >= 0.6 is 0 Å². The molecule has 0 saturated heterocycles. The van der Waals surface area contributed by atoms with E-state index >= 15 is 0 Å². The van der Waals surface area contributed by atoms with Crippen LogP contribution in [0.2, 0.25) is 0 Å². The molecule has 3 rings (SSSR count). The van der Waals surface area contributed by atoms with Crippen molar-refractivity contribution in [2.75, 3.05) is 0 Å². The van der Waals surface area contributed by atoms with E-state index in [1.807, 2.05) is 0 Å². The fourth-order valence-electron chi connectivity index (χ4n) is 2.20. The standard InChI is InChI=1S/C14H10F3N3O/c15-8-3-2-7(11(16)12(8)17)13(18)6-1-4-9-10(5-6)20-14(21)19-9/h1-5,13H,18H2,(H2,19,20,21). The molecule has 0 aliphatic carbocycles. The Labute approximate surface area is 116 Å². The van der Waals surface area contributed by atoms with Crippen LogP contribution in [0.4, 0.5) is 13.2 Å². The summed E-state index contributed by atoms with van der Waals surface area (Å²) in [4.78, 5) is 16.3. The fourth-order valence-corrected chi connectivity index (χ4v) is 2.20. The van der Waals surface area contributed by atoms with Crippen molar-refractivity contribution < 1.29 is 13.2 Å². The zero-order chi connectivity index (χ0) is 15.1. The number of nitrogens with two attached hydrogens (primary N) is 1. The third kappa shape index (κ3) is 2.21. The molecule has 0 saturated carbocycles. The van der Waals surface area contributed by atoms with Gasteiger partial charge >= 0.3 is 5.69 Å². The highest BCUT2D eigenvalue weighted by Gasteiger charge is 2.19. The SMILES string of the molecule is NC(c1ccc2[nH]c(=O)[nH]c2c1)c1ccc(F)c(F)c1F. The van der Waals surface area contributed by atoms with Gasteiger partial charge in [0, 0.05) is 5.56 Å². The molecule has 0 bridgehead atoms. The zero-order valence-electron chi connectivity index (χ0n) is 10.6. The molecule has 1 atom stereocenters. The first-order chi connectivity index (χ1) is 9.97. The smallest absolute Gasteiger partial charge is 0.320 e. The number of aromatic amines is 2. The maximum atomic E-state index is 13.8. The molecular formula is C14H10F3N3O. The van der Waals surface area contributed by atoms with Gasteiger partial charge in [-0.15, -0.1) is 0 Å². The summed E-state index contributed by atoms with van der Waals surface area (Å²) in [6.07, 6.45) is 0. The number of imidazole rings is 1. The minimum atomic E-state index is -1.56. The lowest BCUT2D eigenvalue weighted by molar-refractivity contribution is 0.438. The Hall–Kier alpha value is -2.54. The van der Waals surface area contributed by atoms with Crippen molar-refractivity contribution >= 4 is 11.0 Å². The van der Waals surface area contributed by atoms with Gasteiger partial charge in [-0.25, -0.2) is 18.0 Å². The third-order valence-corrected chi connectivity index (χ3v) is 3.30. The molecule has 0 amide bonds. The van der Waals surface area contributed by atoms with E-state index in [0.717, 1.165) is 12.1 Å². The number of rotatable bonds is 2. The van der Waals surface area contributed by atoms with Crippen molar-refractivity contribution in [2.24, 2.45) is 5.73 Å². The Balaban J connectivity index is 2.09. The molecule has 0 aliphatic heterocycles. The van der Waals surface area contributed by atoms with Gasteiger partial charge in [-0.05, 0) is 23.8 Å². The monoisotopic (exact) mass is 293 g/mol. The predicted octanol–water partition coefficient (Wildman–Crippen LogP) is 2.32. The quantitative estimate of drug-likeness (QED) is 0.634. The minimum absolute atomic E-state index is 0.161. The van der Waals surface area contributed by atoms with Crippen molar-refractivity contribution in [1.29, 1.82) is 0 Å². The molecule has 0 spiro atoms. The molecule has 7 heteroatoms. The molecule has 1 aromatic heterocycles. The Bertz CT molecular complexity index is 885. The minimum Gasteiger partial charge on any atom is -0.320 e. The molecule has 21 heavy (non-hydrogen) atoms. The van der Waals surface area contributed by atoms with E-state index in [0.29, 0.717) is 16.6 Å². The van der Waals surface area contributed by atoms with E-state index < -0.39 is 23.5 Å². The van der Waals surface area contributed by atoms with Gasteiger partial charge in [0.25, 0.3) is 0 Å². The maximum absolute atomic E-state index is 13.8. The van der Waals surface area contributed by atoms with Gasteiger partial charge in [-0.2, -0.15) is 0 Å². The normalized spacial score (nSPS) is 12.8.